The Hall–Kier alpha value is -1.98. The summed E-state index contributed by atoms with van der Waals surface area (Å²) in [5.74, 6) is 0.775. The zero-order chi connectivity index (χ0) is 21.5. The van der Waals surface area contributed by atoms with Crippen molar-refractivity contribution in [3.8, 4) is 11.5 Å². The number of rotatable bonds is 9. The van der Waals surface area contributed by atoms with Gasteiger partial charge in [-0.25, -0.2) is 4.39 Å². The van der Waals surface area contributed by atoms with E-state index >= 15 is 0 Å². The van der Waals surface area contributed by atoms with Crippen molar-refractivity contribution in [3.63, 3.8) is 0 Å². The van der Waals surface area contributed by atoms with Gasteiger partial charge in [0.15, 0.2) is 11.5 Å². The molecule has 0 unspecified atom stereocenters. The first kappa shape index (κ1) is 22.7. The minimum Gasteiger partial charge on any atom is -0.493 e. The van der Waals surface area contributed by atoms with Crippen molar-refractivity contribution in [3.05, 3.63) is 92.2 Å². The summed E-state index contributed by atoms with van der Waals surface area (Å²) in [6.07, 6.45) is 0.800. The van der Waals surface area contributed by atoms with Gasteiger partial charge in [-0.2, -0.15) is 0 Å². The van der Waals surface area contributed by atoms with Gasteiger partial charge in [0, 0.05) is 22.2 Å². The van der Waals surface area contributed by atoms with Crippen molar-refractivity contribution < 1.29 is 13.9 Å². The molecule has 0 saturated carbocycles. The molecule has 0 fully saturated rings. The van der Waals surface area contributed by atoms with Crippen molar-refractivity contribution in [2.75, 3.05) is 13.7 Å². The molecule has 0 bridgehead atoms. The van der Waals surface area contributed by atoms with Crippen LogP contribution in [0.2, 0.25) is 15.1 Å². The Morgan fingerprint density at radius 2 is 1.67 bits per heavy atom. The summed E-state index contributed by atoms with van der Waals surface area (Å²) >= 11 is 18.6. The first-order valence-corrected chi connectivity index (χ1v) is 10.5. The highest BCUT2D eigenvalue weighted by molar-refractivity contribution is 6.35. The van der Waals surface area contributed by atoms with Crippen molar-refractivity contribution in [2.45, 2.75) is 19.6 Å². The molecule has 0 aliphatic rings. The van der Waals surface area contributed by atoms with Crippen molar-refractivity contribution >= 4 is 34.8 Å². The molecule has 0 aromatic heterocycles. The second kappa shape index (κ2) is 10.9. The number of halogens is 4. The average molecular weight is 469 g/mol. The maximum atomic E-state index is 13.0. The van der Waals surface area contributed by atoms with Gasteiger partial charge >= 0.3 is 0 Å². The molecule has 0 atom stereocenters. The van der Waals surface area contributed by atoms with Gasteiger partial charge in [0.25, 0.3) is 0 Å². The molecule has 0 radical (unpaired) electrons. The van der Waals surface area contributed by atoms with Crippen molar-refractivity contribution in [2.24, 2.45) is 0 Å². The quantitative estimate of drug-likeness (QED) is 0.354. The minimum atomic E-state index is -0.228. The summed E-state index contributed by atoms with van der Waals surface area (Å²) in [4.78, 5) is 0. The minimum absolute atomic E-state index is 0.228. The van der Waals surface area contributed by atoms with E-state index in [0.29, 0.717) is 33.1 Å². The second-order valence-corrected chi connectivity index (χ2v) is 7.94. The van der Waals surface area contributed by atoms with Gasteiger partial charge in [-0.05, 0) is 60.5 Å². The zero-order valence-electron chi connectivity index (χ0n) is 16.4. The largest absolute Gasteiger partial charge is 0.493 e. The summed E-state index contributed by atoms with van der Waals surface area (Å²) in [6.45, 7) is 1.60. The smallest absolute Gasteiger partial charge is 0.180 e. The number of ether oxygens (including phenoxy) is 2. The third-order valence-electron chi connectivity index (χ3n) is 4.51. The molecule has 30 heavy (non-hydrogen) atoms. The molecule has 0 aliphatic carbocycles. The molecule has 3 aromatic carbocycles. The van der Waals surface area contributed by atoms with Crippen LogP contribution < -0.4 is 14.8 Å². The van der Waals surface area contributed by atoms with Crippen molar-refractivity contribution in [1.29, 1.82) is 0 Å². The molecule has 7 heteroatoms. The molecule has 1 N–H and O–H groups in total. The number of hydrogen-bond acceptors (Lipinski definition) is 3. The molecule has 3 aromatic rings. The summed E-state index contributed by atoms with van der Waals surface area (Å²) in [7, 11) is 1.57. The summed E-state index contributed by atoms with van der Waals surface area (Å²) < 4.78 is 24.3. The first-order valence-electron chi connectivity index (χ1n) is 9.34. The lowest BCUT2D eigenvalue weighted by Crippen LogP contribution is -2.16. The van der Waals surface area contributed by atoms with Crippen LogP contribution in [-0.4, -0.2) is 13.7 Å². The lowest BCUT2D eigenvalue weighted by atomic mass is 10.1. The van der Waals surface area contributed by atoms with Crippen LogP contribution in [0.3, 0.4) is 0 Å². The number of hydrogen-bond donors (Lipinski definition) is 1. The Morgan fingerprint density at radius 3 is 2.37 bits per heavy atom. The van der Waals surface area contributed by atoms with E-state index in [1.807, 2.05) is 18.2 Å². The Bertz CT molecular complexity index is 996. The zero-order valence-corrected chi connectivity index (χ0v) is 18.6. The van der Waals surface area contributed by atoms with Crippen molar-refractivity contribution in [1.82, 2.24) is 5.32 Å². The normalized spacial score (nSPS) is 10.8. The van der Waals surface area contributed by atoms with Crippen LogP contribution >= 0.6 is 34.8 Å². The molecule has 0 heterocycles. The Morgan fingerprint density at radius 1 is 0.900 bits per heavy atom. The molecular weight excluding hydrogens is 448 g/mol. The van der Waals surface area contributed by atoms with Crippen LogP contribution in [-0.2, 0) is 19.6 Å². The van der Waals surface area contributed by atoms with E-state index in [-0.39, 0.29) is 12.4 Å². The van der Waals surface area contributed by atoms with E-state index < -0.39 is 0 Å². The highest BCUT2D eigenvalue weighted by atomic mass is 35.5. The van der Waals surface area contributed by atoms with Gasteiger partial charge in [0.1, 0.15) is 12.4 Å². The number of benzene rings is 3. The summed E-state index contributed by atoms with van der Waals surface area (Å²) in [5, 5.41) is 4.90. The monoisotopic (exact) mass is 467 g/mol. The fraction of sp³-hybridized carbons (Fsp3) is 0.217. The maximum Gasteiger partial charge on any atom is 0.180 e. The van der Waals surface area contributed by atoms with Gasteiger partial charge in [-0.15, -0.1) is 0 Å². The third kappa shape index (κ3) is 6.26. The maximum absolute atomic E-state index is 13.0. The first-order chi connectivity index (χ1) is 14.5. The van der Waals surface area contributed by atoms with Crippen LogP contribution in [0.15, 0.2) is 54.6 Å². The molecule has 0 spiro atoms. The predicted molar refractivity (Wildman–Crippen MR) is 121 cm³/mol. The van der Waals surface area contributed by atoms with E-state index in [1.165, 1.54) is 12.1 Å². The topological polar surface area (TPSA) is 30.5 Å². The van der Waals surface area contributed by atoms with Crippen LogP contribution in [0.5, 0.6) is 11.5 Å². The van der Waals surface area contributed by atoms with Gasteiger partial charge in [0.05, 0.1) is 12.1 Å². The molecule has 3 rings (SSSR count). The molecular formula is C23H21Cl3FNO2. The van der Waals surface area contributed by atoms with Crippen LogP contribution in [0.25, 0.3) is 0 Å². The lowest BCUT2D eigenvalue weighted by molar-refractivity contribution is 0.284. The van der Waals surface area contributed by atoms with Gasteiger partial charge in [-0.3, -0.25) is 0 Å². The Labute approximate surface area is 190 Å². The fourth-order valence-electron chi connectivity index (χ4n) is 2.92. The van der Waals surface area contributed by atoms with Gasteiger partial charge in [0.2, 0.25) is 0 Å². The highest BCUT2D eigenvalue weighted by Crippen LogP contribution is 2.37. The van der Waals surface area contributed by atoms with E-state index in [4.69, 9.17) is 44.3 Å². The Balaban J connectivity index is 1.59. The van der Waals surface area contributed by atoms with Gasteiger partial charge in [-0.1, -0.05) is 53.0 Å². The Kier molecular flexibility index (Phi) is 8.23. The molecule has 0 amide bonds. The number of methoxy groups -OCH3 is 1. The second-order valence-electron chi connectivity index (χ2n) is 6.69. The molecule has 0 aliphatic heterocycles. The van der Waals surface area contributed by atoms with Crippen LogP contribution in [0, 0.1) is 5.82 Å². The van der Waals surface area contributed by atoms with Gasteiger partial charge < -0.3 is 14.8 Å². The lowest BCUT2D eigenvalue weighted by Gasteiger charge is -2.15. The van der Waals surface area contributed by atoms with Crippen LogP contribution in [0.1, 0.15) is 16.7 Å². The summed E-state index contributed by atoms with van der Waals surface area (Å²) in [6, 6.07) is 15.5. The number of nitrogens with one attached hydrogen (secondary N) is 1. The predicted octanol–water partition coefficient (Wildman–Crippen LogP) is 6.71. The van der Waals surface area contributed by atoms with E-state index in [1.54, 1.807) is 31.4 Å². The van der Waals surface area contributed by atoms with E-state index in [9.17, 15) is 4.39 Å². The molecule has 3 nitrogen and oxygen atoms in total. The molecule has 0 saturated heterocycles. The van der Waals surface area contributed by atoms with E-state index in [2.05, 4.69) is 5.32 Å². The third-order valence-corrected chi connectivity index (χ3v) is 5.38. The standard InChI is InChI=1S/C23H21Cl3FNO2/c1-29-22-11-16(13-28-9-8-15-2-6-19(27)7-3-15)10-21(26)23(22)30-14-17-4-5-18(24)12-20(17)25/h2-7,10-12,28H,8-9,13-14H2,1H3. The van der Waals surface area contributed by atoms with E-state index in [0.717, 1.165) is 29.7 Å². The average Bonchev–Trinajstić information content (AvgIpc) is 2.72. The van der Waals surface area contributed by atoms with Crippen LogP contribution in [0.4, 0.5) is 4.39 Å². The SMILES string of the molecule is COc1cc(CNCCc2ccc(F)cc2)cc(Cl)c1OCc1ccc(Cl)cc1Cl. The molecule has 158 valence electrons. The highest BCUT2D eigenvalue weighted by Gasteiger charge is 2.13. The fourth-order valence-corrected chi connectivity index (χ4v) is 3.67. The summed E-state index contributed by atoms with van der Waals surface area (Å²) in [5.41, 5.74) is 2.84.